The van der Waals surface area contributed by atoms with Crippen LogP contribution in [0, 0.1) is 0 Å². The summed E-state index contributed by atoms with van der Waals surface area (Å²) in [6.07, 6.45) is 2.44. The first kappa shape index (κ1) is 16.2. The second-order valence-corrected chi connectivity index (χ2v) is 5.19. The summed E-state index contributed by atoms with van der Waals surface area (Å²) in [7, 11) is 0. The molecular weight excluding hydrogens is 326 g/mol. The van der Waals surface area contributed by atoms with Gasteiger partial charge in [0, 0.05) is 17.7 Å². The lowest BCUT2D eigenvalue weighted by Gasteiger charge is -2.12. The number of hydrogen-bond acceptors (Lipinski definition) is 3. The molecule has 1 aromatic rings. The van der Waals surface area contributed by atoms with Crippen LogP contribution in [-0.2, 0) is 9.59 Å². The van der Waals surface area contributed by atoms with Crippen LogP contribution in [0.2, 0.25) is 0 Å². The van der Waals surface area contributed by atoms with Crippen LogP contribution in [0.15, 0.2) is 28.7 Å². The summed E-state index contributed by atoms with van der Waals surface area (Å²) < 4.78 is 6.11. The van der Waals surface area contributed by atoms with Crippen molar-refractivity contribution in [1.29, 1.82) is 0 Å². The highest BCUT2D eigenvalue weighted by molar-refractivity contribution is 9.10. The van der Waals surface area contributed by atoms with Crippen molar-refractivity contribution in [2.24, 2.45) is 0 Å². The van der Waals surface area contributed by atoms with Crippen molar-refractivity contribution in [3.05, 3.63) is 34.3 Å². The molecule has 0 saturated heterocycles. The van der Waals surface area contributed by atoms with Gasteiger partial charge in [-0.05, 0) is 41.9 Å². The highest BCUT2D eigenvalue weighted by Gasteiger charge is 2.10. The predicted molar refractivity (Wildman–Crippen MR) is 79.6 cm³/mol. The molecule has 2 N–H and O–H groups in total. The highest BCUT2D eigenvalue weighted by Crippen LogP contribution is 2.30. The van der Waals surface area contributed by atoms with E-state index in [0.29, 0.717) is 15.8 Å². The molecule has 0 unspecified atom stereocenters. The van der Waals surface area contributed by atoms with Gasteiger partial charge in [0.15, 0.2) is 6.61 Å². The summed E-state index contributed by atoms with van der Waals surface area (Å²) in [4.78, 5) is 22.1. The van der Waals surface area contributed by atoms with Crippen molar-refractivity contribution in [1.82, 2.24) is 5.32 Å². The molecule has 0 fully saturated rings. The summed E-state index contributed by atoms with van der Waals surface area (Å²) >= 11 is 3.32. The van der Waals surface area contributed by atoms with Crippen LogP contribution in [0.1, 0.15) is 19.4 Å². The first-order valence-electron chi connectivity index (χ1n) is 6.02. The van der Waals surface area contributed by atoms with E-state index in [1.165, 1.54) is 6.08 Å². The number of carboxylic acid groups (broad SMARTS) is 1. The van der Waals surface area contributed by atoms with Crippen LogP contribution in [0.25, 0.3) is 6.08 Å². The molecule has 0 saturated carbocycles. The molecule has 0 aliphatic carbocycles. The molecule has 0 spiro atoms. The third-order valence-electron chi connectivity index (χ3n) is 2.20. The van der Waals surface area contributed by atoms with Crippen LogP contribution in [0.4, 0.5) is 0 Å². The molecule has 0 bridgehead atoms. The molecule has 1 aromatic carbocycles. The Labute approximate surface area is 125 Å². The molecule has 1 amide bonds. The summed E-state index contributed by atoms with van der Waals surface area (Å²) in [6.45, 7) is 3.59. The Morgan fingerprint density at radius 1 is 1.45 bits per heavy atom. The van der Waals surface area contributed by atoms with E-state index in [1.54, 1.807) is 18.2 Å². The van der Waals surface area contributed by atoms with Gasteiger partial charge >= 0.3 is 5.97 Å². The van der Waals surface area contributed by atoms with Crippen LogP contribution in [0.5, 0.6) is 5.75 Å². The molecule has 0 radical (unpaired) electrons. The van der Waals surface area contributed by atoms with Gasteiger partial charge in [0.1, 0.15) is 5.75 Å². The van der Waals surface area contributed by atoms with E-state index >= 15 is 0 Å². The van der Waals surface area contributed by atoms with Gasteiger partial charge in [-0.3, -0.25) is 4.79 Å². The molecule has 0 aromatic heterocycles. The first-order chi connectivity index (χ1) is 9.40. The Balaban J connectivity index is 2.83. The Morgan fingerprint density at radius 3 is 2.75 bits per heavy atom. The number of carbonyl (C=O) groups is 2. The van der Waals surface area contributed by atoms with Gasteiger partial charge in [-0.25, -0.2) is 4.79 Å². The fourth-order valence-electron chi connectivity index (χ4n) is 1.47. The monoisotopic (exact) mass is 341 g/mol. The minimum absolute atomic E-state index is 0.0386. The lowest BCUT2D eigenvalue weighted by molar-refractivity contribution is -0.131. The number of carbonyl (C=O) groups excluding carboxylic acids is 1. The Kier molecular flexibility index (Phi) is 6.24. The van der Waals surface area contributed by atoms with Crippen LogP contribution >= 0.6 is 15.9 Å². The summed E-state index contributed by atoms with van der Waals surface area (Å²) in [5.74, 6) is -0.846. The maximum atomic E-state index is 11.6. The second kappa shape index (κ2) is 7.69. The zero-order valence-electron chi connectivity index (χ0n) is 11.2. The van der Waals surface area contributed by atoms with E-state index in [2.05, 4.69) is 21.2 Å². The number of rotatable bonds is 6. The summed E-state index contributed by atoms with van der Waals surface area (Å²) in [5, 5.41) is 11.4. The van der Waals surface area contributed by atoms with E-state index < -0.39 is 5.97 Å². The van der Waals surface area contributed by atoms with Crippen molar-refractivity contribution in [2.45, 2.75) is 19.9 Å². The van der Waals surface area contributed by atoms with E-state index in [9.17, 15) is 9.59 Å². The summed E-state index contributed by atoms with van der Waals surface area (Å²) in [5.41, 5.74) is 0.583. The van der Waals surface area contributed by atoms with Gasteiger partial charge in [-0.1, -0.05) is 12.1 Å². The third-order valence-corrected chi connectivity index (χ3v) is 2.82. The Hall–Kier alpha value is -1.82. The standard InChI is InChI=1S/C14H16BrNO4/c1-9(2)16-12(17)8-20-14-10(6-7-13(18)19)4-3-5-11(14)15/h3-7,9H,8H2,1-2H3,(H,16,17)(H,18,19). The average Bonchev–Trinajstić information content (AvgIpc) is 2.34. The van der Waals surface area contributed by atoms with Crippen molar-refractivity contribution in [2.75, 3.05) is 6.61 Å². The SMILES string of the molecule is CC(C)NC(=O)COc1c(Br)cccc1C=CC(=O)O. The van der Waals surface area contributed by atoms with Crippen molar-refractivity contribution < 1.29 is 19.4 Å². The normalized spacial score (nSPS) is 10.8. The number of nitrogens with one attached hydrogen (secondary N) is 1. The Morgan fingerprint density at radius 2 is 2.15 bits per heavy atom. The van der Waals surface area contributed by atoms with Crippen molar-refractivity contribution in [3.63, 3.8) is 0 Å². The van der Waals surface area contributed by atoms with Crippen LogP contribution in [-0.4, -0.2) is 29.6 Å². The number of benzene rings is 1. The largest absolute Gasteiger partial charge is 0.482 e. The molecule has 6 heteroatoms. The number of halogens is 1. The number of hydrogen-bond donors (Lipinski definition) is 2. The predicted octanol–water partition coefficient (Wildman–Crippen LogP) is 2.45. The van der Waals surface area contributed by atoms with Crippen molar-refractivity contribution in [3.8, 4) is 5.75 Å². The number of carboxylic acids is 1. The van der Waals surface area contributed by atoms with E-state index in [-0.39, 0.29) is 18.6 Å². The van der Waals surface area contributed by atoms with Gasteiger partial charge in [0.25, 0.3) is 5.91 Å². The van der Waals surface area contributed by atoms with E-state index in [1.807, 2.05) is 13.8 Å². The maximum absolute atomic E-state index is 11.6. The minimum Gasteiger partial charge on any atom is -0.482 e. The fraction of sp³-hybridized carbons (Fsp3) is 0.286. The number of ether oxygens (including phenoxy) is 1. The number of aliphatic carboxylic acids is 1. The molecule has 5 nitrogen and oxygen atoms in total. The van der Waals surface area contributed by atoms with Gasteiger partial charge in [0.2, 0.25) is 0 Å². The van der Waals surface area contributed by atoms with Crippen molar-refractivity contribution >= 4 is 33.9 Å². The molecule has 1 rings (SSSR count). The average molecular weight is 342 g/mol. The topological polar surface area (TPSA) is 75.6 Å². The van der Waals surface area contributed by atoms with Gasteiger partial charge in [-0.2, -0.15) is 0 Å². The first-order valence-corrected chi connectivity index (χ1v) is 6.81. The maximum Gasteiger partial charge on any atom is 0.328 e. The zero-order chi connectivity index (χ0) is 15.1. The quantitative estimate of drug-likeness (QED) is 0.779. The number of amides is 1. The number of para-hydroxylation sites is 1. The summed E-state index contributed by atoms with van der Waals surface area (Å²) in [6, 6.07) is 5.26. The molecular formula is C14H16BrNO4. The minimum atomic E-state index is -1.05. The lowest BCUT2D eigenvalue weighted by atomic mass is 10.2. The second-order valence-electron chi connectivity index (χ2n) is 4.34. The van der Waals surface area contributed by atoms with Crippen LogP contribution in [0.3, 0.4) is 0 Å². The smallest absolute Gasteiger partial charge is 0.328 e. The van der Waals surface area contributed by atoms with E-state index in [0.717, 1.165) is 6.08 Å². The van der Waals surface area contributed by atoms with E-state index in [4.69, 9.17) is 9.84 Å². The Bertz CT molecular complexity index is 526. The lowest BCUT2D eigenvalue weighted by Crippen LogP contribution is -2.34. The molecule has 0 heterocycles. The molecule has 0 aliphatic heterocycles. The molecule has 20 heavy (non-hydrogen) atoms. The fourth-order valence-corrected chi connectivity index (χ4v) is 1.97. The molecule has 0 atom stereocenters. The van der Waals surface area contributed by atoms with Gasteiger partial charge in [0.05, 0.1) is 4.47 Å². The van der Waals surface area contributed by atoms with Crippen LogP contribution < -0.4 is 10.1 Å². The zero-order valence-corrected chi connectivity index (χ0v) is 12.8. The highest BCUT2D eigenvalue weighted by atomic mass is 79.9. The third kappa shape index (κ3) is 5.44. The van der Waals surface area contributed by atoms with Gasteiger partial charge in [-0.15, -0.1) is 0 Å². The van der Waals surface area contributed by atoms with Gasteiger partial charge < -0.3 is 15.2 Å². The molecule has 0 aliphatic rings. The molecule has 108 valence electrons.